The molecule has 1 rings (SSSR count). The van der Waals surface area contributed by atoms with Crippen molar-refractivity contribution >= 4 is 11.8 Å². The van der Waals surface area contributed by atoms with Crippen LogP contribution in [0.3, 0.4) is 0 Å². The summed E-state index contributed by atoms with van der Waals surface area (Å²) in [5.74, 6) is 11.1. The molecule has 0 aliphatic heterocycles. The van der Waals surface area contributed by atoms with E-state index in [1.807, 2.05) is 5.43 Å². The highest BCUT2D eigenvalue weighted by atomic mass is 16.5. The fourth-order valence-electron chi connectivity index (χ4n) is 1.47. The van der Waals surface area contributed by atoms with E-state index >= 15 is 0 Å². The molecular formula is C11H20N6O2. The predicted molar refractivity (Wildman–Crippen MR) is 71.1 cm³/mol. The monoisotopic (exact) mass is 268 g/mol. The van der Waals surface area contributed by atoms with E-state index < -0.39 is 6.03 Å². The molecule has 1 aromatic heterocycles. The summed E-state index contributed by atoms with van der Waals surface area (Å²) in [5, 5.41) is 0.781. The number of carbonyl (C=O) groups is 1. The first kappa shape index (κ1) is 15.1. The third-order valence-electron chi connectivity index (χ3n) is 2.48. The number of nitrogens with one attached hydrogen (secondary N) is 1. The molecule has 0 saturated carbocycles. The van der Waals surface area contributed by atoms with Crippen molar-refractivity contribution in [1.82, 2.24) is 15.4 Å². The number of rotatable bonds is 7. The molecule has 0 fully saturated rings. The molecule has 0 atom stereocenters. The first-order chi connectivity index (χ1) is 9.20. The largest absolute Gasteiger partial charge is 0.488 e. The number of carbonyl (C=O) groups excluding carboxylic acids is 1. The maximum Gasteiger partial charge on any atom is 0.351 e. The van der Waals surface area contributed by atoms with Crippen LogP contribution in [0.15, 0.2) is 12.5 Å². The predicted octanol–water partition coefficient (Wildman–Crippen LogP) is 0.699. The first-order valence-corrected chi connectivity index (χ1v) is 6.18. The lowest BCUT2D eigenvalue weighted by Gasteiger charge is -2.17. The maximum absolute atomic E-state index is 11.3. The zero-order valence-corrected chi connectivity index (χ0v) is 11.0. The molecule has 0 saturated heterocycles. The maximum atomic E-state index is 11.3. The number of hydrogen-bond acceptors (Lipinski definition) is 6. The van der Waals surface area contributed by atoms with Crippen LogP contribution in [0.25, 0.3) is 0 Å². The zero-order chi connectivity index (χ0) is 14.1. The minimum atomic E-state index is -0.686. The molecule has 0 bridgehead atoms. The van der Waals surface area contributed by atoms with Crippen LogP contribution in [-0.4, -0.2) is 22.6 Å². The highest BCUT2D eigenvalue weighted by Crippen LogP contribution is 2.22. The van der Waals surface area contributed by atoms with Gasteiger partial charge in [-0.2, -0.15) is 0 Å². The van der Waals surface area contributed by atoms with Gasteiger partial charge in [0.25, 0.3) is 0 Å². The van der Waals surface area contributed by atoms with E-state index in [9.17, 15) is 4.79 Å². The average Bonchev–Trinajstić information content (AvgIpc) is 2.46. The smallest absolute Gasteiger partial charge is 0.351 e. The van der Waals surface area contributed by atoms with Crippen LogP contribution in [-0.2, 0) is 0 Å². The van der Waals surface area contributed by atoms with Gasteiger partial charge in [0.1, 0.15) is 6.33 Å². The normalized spacial score (nSPS) is 10.1. The number of urea groups is 1. The topological polar surface area (TPSA) is 119 Å². The van der Waals surface area contributed by atoms with Gasteiger partial charge in [-0.15, -0.1) is 0 Å². The Balaban J connectivity index is 2.60. The lowest BCUT2D eigenvalue weighted by atomic mass is 10.2. The van der Waals surface area contributed by atoms with E-state index in [2.05, 4.69) is 16.9 Å². The van der Waals surface area contributed by atoms with E-state index in [1.54, 1.807) is 0 Å². The Morgan fingerprint density at radius 1 is 1.47 bits per heavy atom. The molecule has 1 aromatic rings. The van der Waals surface area contributed by atoms with Gasteiger partial charge >= 0.3 is 6.03 Å². The number of anilines is 1. The van der Waals surface area contributed by atoms with Gasteiger partial charge in [0.05, 0.1) is 12.8 Å². The quantitative estimate of drug-likeness (QED) is 0.290. The van der Waals surface area contributed by atoms with Crippen molar-refractivity contribution in [3.05, 3.63) is 12.5 Å². The van der Waals surface area contributed by atoms with Crippen LogP contribution in [0, 0.1) is 0 Å². The van der Waals surface area contributed by atoms with Gasteiger partial charge in [-0.25, -0.2) is 31.5 Å². The number of hydrazine groups is 2. The molecule has 0 spiro atoms. The minimum absolute atomic E-state index is 0.174. The van der Waals surface area contributed by atoms with Crippen molar-refractivity contribution in [3.63, 3.8) is 0 Å². The number of aromatic nitrogens is 2. The molecule has 8 nitrogen and oxygen atoms in total. The summed E-state index contributed by atoms with van der Waals surface area (Å²) in [5.41, 5.74) is 1.92. The Morgan fingerprint density at radius 2 is 2.26 bits per heavy atom. The Hall–Kier alpha value is -1.93. The van der Waals surface area contributed by atoms with Gasteiger partial charge < -0.3 is 4.74 Å². The summed E-state index contributed by atoms with van der Waals surface area (Å²) in [6.07, 6.45) is 7.09. The molecule has 0 aliphatic carbocycles. The zero-order valence-electron chi connectivity index (χ0n) is 11.0. The highest BCUT2D eigenvalue weighted by molar-refractivity contribution is 5.90. The second kappa shape index (κ2) is 8.22. The Bertz CT molecular complexity index is 401. The molecule has 0 aliphatic rings. The number of amides is 2. The van der Waals surface area contributed by atoms with Crippen LogP contribution in [0.4, 0.5) is 10.6 Å². The van der Waals surface area contributed by atoms with Crippen LogP contribution >= 0.6 is 0 Å². The molecule has 2 amide bonds. The molecule has 8 heteroatoms. The second-order valence-corrected chi connectivity index (χ2v) is 3.94. The van der Waals surface area contributed by atoms with Crippen LogP contribution in [0.1, 0.15) is 32.6 Å². The summed E-state index contributed by atoms with van der Waals surface area (Å²) in [4.78, 5) is 19.1. The average molecular weight is 268 g/mol. The van der Waals surface area contributed by atoms with Gasteiger partial charge in [0.2, 0.25) is 0 Å². The van der Waals surface area contributed by atoms with E-state index in [0.717, 1.165) is 24.3 Å². The number of ether oxygens (including phenoxy) is 1. The second-order valence-electron chi connectivity index (χ2n) is 3.94. The lowest BCUT2D eigenvalue weighted by Crippen LogP contribution is -2.48. The number of nitrogens with two attached hydrogens (primary N) is 2. The van der Waals surface area contributed by atoms with Crippen molar-refractivity contribution in [1.29, 1.82) is 0 Å². The molecular weight excluding hydrogens is 248 g/mol. The van der Waals surface area contributed by atoms with E-state index in [1.165, 1.54) is 18.9 Å². The molecule has 1 heterocycles. The fraction of sp³-hybridized carbons (Fsp3) is 0.545. The minimum Gasteiger partial charge on any atom is -0.488 e. The van der Waals surface area contributed by atoms with Gasteiger partial charge in [0, 0.05) is 0 Å². The lowest BCUT2D eigenvalue weighted by molar-refractivity contribution is 0.245. The summed E-state index contributed by atoms with van der Waals surface area (Å²) >= 11 is 0. The van der Waals surface area contributed by atoms with Gasteiger partial charge in [-0.3, -0.25) is 5.43 Å². The van der Waals surface area contributed by atoms with Crippen LogP contribution in [0.5, 0.6) is 5.75 Å². The van der Waals surface area contributed by atoms with E-state index in [4.69, 9.17) is 16.4 Å². The fourth-order valence-corrected chi connectivity index (χ4v) is 1.47. The van der Waals surface area contributed by atoms with Crippen molar-refractivity contribution in [2.75, 3.05) is 11.6 Å². The summed E-state index contributed by atoms with van der Waals surface area (Å²) in [7, 11) is 0. The van der Waals surface area contributed by atoms with Gasteiger partial charge in [-0.1, -0.05) is 26.2 Å². The van der Waals surface area contributed by atoms with E-state index in [0.29, 0.717) is 12.4 Å². The van der Waals surface area contributed by atoms with Crippen molar-refractivity contribution in [3.8, 4) is 5.75 Å². The third-order valence-corrected chi connectivity index (χ3v) is 2.48. The van der Waals surface area contributed by atoms with E-state index in [-0.39, 0.29) is 5.82 Å². The van der Waals surface area contributed by atoms with Crippen molar-refractivity contribution in [2.45, 2.75) is 32.6 Å². The molecule has 19 heavy (non-hydrogen) atoms. The Labute approximate surface area is 112 Å². The Kier molecular flexibility index (Phi) is 6.55. The Morgan fingerprint density at radius 3 is 2.95 bits per heavy atom. The molecule has 0 aromatic carbocycles. The SMILES string of the molecule is CCCCCCOc1cncnc1N(N)C(=O)NN. The molecule has 0 unspecified atom stereocenters. The van der Waals surface area contributed by atoms with Crippen molar-refractivity contribution < 1.29 is 9.53 Å². The number of unbranched alkanes of at least 4 members (excludes halogenated alkanes) is 3. The van der Waals surface area contributed by atoms with Gasteiger partial charge in [-0.05, 0) is 6.42 Å². The molecule has 5 N–H and O–H groups in total. The summed E-state index contributed by atoms with van der Waals surface area (Å²) < 4.78 is 5.53. The summed E-state index contributed by atoms with van der Waals surface area (Å²) in [6, 6.07) is -0.686. The summed E-state index contributed by atoms with van der Waals surface area (Å²) in [6.45, 7) is 2.67. The van der Waals surface area contributed by atoms with Crippen molar-refractivity contribution in [2.24, 2.45) is 11.7 Å². The highest BCUT2D eigenvalue weighted by Gasteiger charge is 2.16. The standard InChI is InChI=1S/C11H20N6O2/c1-2-3-4-5-6-19-9-7-14-8-15-10(9)17(13)11(18)16-12/h7-8H,2-6,12-13H2,1H3,(H,16,18). The van der Waals surface area contributed by atoms with Crippen LogP contribution < -0.4 is 26.9 Å². The van der Waals surface area contributed by atoms with Crippen LogP contribution in [0.2, 0.25) is 0 Å². The molecule has 0 radical (unpaired) electrons. The van der Waals surface area contributed by atoms with Gasteiger partial charge in [0.15, 0.2) is 11.6 Å². The molecule has 106 valence electrons. The first-order valence-electron chi connectivity index (χ1n) is 6.18. The third kappa shape index (κ3) is 4.68. The number of nitrogens with zero attached hydrogens (tertiary/aromatic N) is 3. The number of hydrogen-bond donors (Lipinski definition) is 3.